The summed E-state index contributed by atoms with van der Waals surface area (Å²) < 4.78 is 0. The lowest BCUT2D eigenvalue weighted by molar-refractivity contribution is 0.545. The van der Waals surface area contributed by atoms with E-state index in [0.717, 1.165) is 5.69 Å². The molecule has 1 aromatic rings. The molecular weight excluding hydrogens is 116 g/mol. The Bertz CT molecular complexity index is 181. The van der Waals surface area contributed by atoms with Crippen LogP contribution >= 0.6 is 0 Å². The number of carbonyl (C=O) groups excluding carboxylic acids is 1. The van der Waals surface area contributed by atoms with Crippen molar-refractivity contribution < 1.29 is 4.79 Å². The molecule has 9 heavy (non-hydrogen) atoms. The average molecular weight is 123 g/mol. The van der Waals surface area contributed by atoms with Gasteiger partial charge in [0.05, 0.1) is 11.6 Å². The lowest BCUT2D eigenvalue weighted by Gasteiger charge is -1.91. The molecule has 0 bridgehead atoms. The van der Waals surface area contributed by atoms with Gasteiger partial charge in [-0.15, -0.1) is 0 Å². The summed E-state index contributed by atoms with van der Waals surface area (Å²) in [6, 6.07) is 1.76. The molecule has 1 atom stereocenters. The Kier molecular flexibility index (Phi) is 1.63. The lowest BCUT2D eigenvalue weighted by atomic mass is 10.1. The van der Waals surface area contributed by atoms with E-state index in [-0.39, 0.29) is 5.92 Å². The molecule has 1 unspecified atom stereocenters. The highest BCUT2D eigenvalue weighted by atomic mass is 16.1. The first-order valence-corrected chi connectivity index (χ1v) is 2.72. The molecule has 47 valence electrons. The molecule has 0 aromatic carbocycles. The van der Waals surface area contributed by atoms with Crippen molar-refractivity contribution in [3.05, 3.63) is 18.0 Å². The maximum atomic E-state index is 10.0. The number of nitrogens with zero attached hydrogens (tertiary/aromatic N) is 1. The van der Waals surface area contributed by atoms with Gasteiger partial charge < -0.3 is 0 Å². The maximum Gasteiger partial charge on any atom is 0.207 e. The smallest absolute Gasteiger partial charge is 0.207 e. The van der Waals surface area contributed by atoms with Crippen molar-refractivity contribution in [3.63, 3.8) is 0 Å². The standard InChI is InChI=1S/C6H7N2O/c1-5(4-9)6-2-3-7-8-6/h2-3,5H,1H3,(H,7,8). The van der Waals surface area contributed by atoms with E-state index < -0.39 is 0 Å². The van der Waals surface area contributed by atoms with Crippen LogP contribution in [0.25, 0.3) is 0 Å². The molecule has 1 N–H and O–H groups in total. The number of aromatic amines is 1. The summed E-state index contributed by atoms with van der Waals surface area (Å²) in [4.78, 5) is 10.0. The molecule has 0 saturated heterocycles. The summed E-state index contributed by atoms with van der Waals surface area (Å²) in [5, 5.41) is 6.42. The lowest BCUT2D eigenvalue weighted by Crippen LogP contribution is -1.93. The zero-order chi connectivity index (χ0) is 6.69. The van der Waals surface area contributed by atoms with Gasteiger partial charge in [-0.25, -0.2) is 0 Å². The normalized spacial score (nSPS) is 13.0. The molecule has 0 aliphatic heterocycles. The van der Waals surface area contributed by atoms with Crippen molar-refractivity contribution in [3.8, 4) is 0 Å². The zero-order valence-corrected chi connectivity index (χ0v) is 5.09. The largest absolute Gasteiger partial charge is 0.290 e. The van der Waals surface area contributed by atoms with Gasteiger partial charge in [-0.05, 0) is 13.0 Å². The predicted molar refractivity (Wildman–Crippen MR) is 32.7 cm³/mol. The predicted octanol–water partition coefficient (Wildman–Crippen LogP) is 0.623. The molecule has 3 nitrogen and oxygen atoms in total. The molecule has 1 heterocycles. The van der Waals surface area contributed by atoms with Crippen molar-refractivity contribution in [2.45, 2.75) is 12.8 Å². The van der Waals surface area contributed by atoms with Crippen LogP contribution in [0.15, 0.2) is 12.3 Å². The van der Waals surface area contributed by atoms with E-state index in [1.165, 1.54) is 0 Å². The summed E-state index contributed by atoms with van der Waals surface area (Å²) in [6.07, 6.45) is 3.52. The summed E-state index contributed by atoms with van der Waals surface area (Å²) in [5.74, 6) is -0.212. The fourth-order valence-corrected chi connectivity index (χ4v) is 0.573. The highest BCUT2D eigenvalue weighted by molar-refractivity contribution is 5.60. The fraction of sp³-hybridized carbons (Fsp3) is 0.333. The number of aromatic nitrogens is 2. The van der Waals surface area contributed by atoms with E-state index in [9.17, 15) is 4.79 Å². The van der Waals surface area contributed by atoms with Gasteiger partial charge in [-0.3, -0.25) is 9.89 Å². The van der Waals surface area contributed by atoms with Gasteiger partial charge in [0.1, 0.15) is 0 Å². The first-order valence-electron chi connectivity index (χ1n) is 2.72. The maximum absolute atomic E-state index is 10.0. The molecule has 1 rings (SSSR count). The van der Waals surface area contributed by atoms with Crippen LogP contribution in [0.5, 0.6) is 0 Å². The third-order valence-corrected chi connectivity index (χ3v) is 1.14. The van der Waals surface area contributed by atoms with Crippen LogP contribution in [0.2, 0.25) is 0 Å². The Morgan fingerprint density at radius 3 is 3.11 bits per heavy atom. The van der Waals surface area contributed by atoms with Gasteiger partial charge in [-0.1, -0.05) is 0 Å². The molecule has 1 radical (unpaired) electrons. The average Bonchev–Trinajstić information content (AvgIpc) is 2.37. The molecule has 0 fully saturated rings. The minimum Gasteiger partial charge on any atom is -0.290 e. The molecule has 0 aliphatic rings. The Balaban J connectivity index is 2.76. The number of hydrogen-bond acceptors (Lipinski definition) is 2. The molecule has 0 aliphatic carbocycles. The fourth-order valence-electron chi connectivity index (χ4n) is 0.573. The van der Waals surface area contributed by atoms with E-state index in [2.05, 4.69) is 10.2 Å². The molecule has 1 aromatic heterocycles. The second kappa shape index (κ2) is 2.44. The number of H-pyrrole nitrogens is 1. The first kappa shape index (κ1) is 6.01. The van der Waals surface area contributed by atoms with Crippen molar-refractivity contribution in [1.82, 2.24) is 10.2 Å². The number of nitrogens with one attached hydrogen (secondary N) is 1. The highest BCUT2D eigenvalue weighted by Gasteiger charge is 2.04. The third-order valence-electron chi connectivity index (χ3n) is 1.14. The minimum atomic E-state index is -0.212. The minimum absolute atomic E-state index is 0.212. The monoisotopic (exact) mass is 123 g/mol. The van der Waals surface area contributed by atoms with Gasteiger partial charge in [0.25, 0.3) is 0 Å². The van der Waals surface area contributed by atoms with Gasteiger partial charge in [0.2, 0.25) is 6.29 Å². The van der Waals surface area contributed by atoms with Crippen LogP contribution in [0.1, 0.15) is 18.5 Å². The summed E-state index contributed by atoms with van der Waals surface area (Å²) >= 11 is 0. The Morgan fingerprint density at radius 2 is 2.67 bits per heavy atom. The first-order chi connectivity index (χ1) is 4.34. The van der Waals surface area contributed by atoms with E-state index in [1.807, 2.05) is 6.29 Å². The van der Waals surface area contributed by atoms with Crippen LogP contribution in [0.3, 0.4) is 0 Å². The van der Waals surface area contributed by atoms with Crippen molar-refractivity contribution in [2.75, 3.05) is 0 Å². The van der Waals surface area contributed by atoms with Crippen LogP contribution in [-0.2, 0) is 4.79 Å². The van der Waals surface area contributed by atoms with Crippen LogP contribution < -0.4 is 0 Å². The summed E-state index contributed by atoms with van der Waals surface area (Å²) in [5.41, 5.74) is 0.741. The molecule has 0 saturated carbocycles. The highest BCUT2D eigenvalue weighted by Crippen LogP contribution is 2.06. The Morgan fingerprint density at radius 1 is 1.89 bits per heavy atom. The second-order valence-corrected chi connectivity index (χ2v) is 1.84. The quantitative estimate of drug-likeness (QED) is 0.626. The van der Waals surface area contributed by atoms with Gasteiger partial charge in [-0.2, -0.15) is 5.10 Å². The number of hydrogen-bond donors (Lipinski definition) is 1. The van der Waals surface area contributed by atoms with Crippen molar-refractivity contribution >= 4 is 6.29 Å². The topological polar surface area (TPSA) is 45.8 Å². The van der Waals surface area contributed by atoms with Gasteiger partial charge in [0, 0.05) is 6.20 Å². The van der Waals surface area contributed by atoms with Gasteiger partial charge >= 0.3 is 0 Å². The summed E-state index contributed by atoms with van der Waals surface area (Å²) in [7, 11) is 0. The van der Waals surface area contributed by atoms with Crippen LogP contribution in [0.4, 0.5) is 0 Å². The zero-order valence-electron chi connectivity index (χ0n) is 5.09. The van der Waals surface area contributed by atoms with Crippen LogP contribution in [0, 0.1) is 0 Å². The number of rotatable bonds is 2. The SMILES string of the molecule is CC([C]=O)c1cc[nH]n1. The molecule has 0 spiro atoms. The molecular formula is C6H7N2O. The summed E-state index contributed by atoms with van der Waals surface area (Å²) in [6.45, 7) is 1.75. The van der Waals surface area contributed by atoms with E-state index in [1.54, 1.807) is 19.2 Å². The second-order valence-electron chi connectivity index (χ2n) is 1.84. The van der Waals surface area contributed by atoms with Gasteiger partial charge in [0.15, 0.2) is 0 Å². The van der Waals surface area contributed by atoms with E-state index >= 15 is 0 Å². The van der Waals surface area contributed by atoms with E-state index in [0.29, 0.717) is 0 Å². The van der Waals surface area contributed by atoms with Crippen molar-refractivity contribution in [1.29, 1.82) is 0 Å². The Labute approximate surface area is 53.1 Å². The molecule has 3 heteroatoms. The van der Waals surface area contributed by atoms with E-state index in [4.69, 9.17) is 0 Å². The van der Waals surface area contributed by atoms with Crippen LogP contribution in [-0.4, -0.2) is 16.5 Å². The Hall–Kier alpha value is -1.12. The molecule has 0 amide bonds. The van der Waals surface area contributed by atoms with Crippen molar-refractivity contribution in [2.24, 2.45) is 0 Å². The third kappa shape index (κ3) is 1.16.